The summed E-state index contributed by atoms with van der Waals surface area (Å²) in [6, 6.07) is 10.2. The average molecular weight is 371 g/mol. The number of piperidine rings is 1. The molecular formula is C20H26N4OS. The van der Waals surface area contributed by atoms with Gasteiger partial charge in [-0.3, -0.25) is 4.79 Å². The molecule has 0 radical (unpaired) electrons. The highest BCUT2D eigenvalue weighted by atomic mass is 32.1. The highest BCUT2D eigenvalue weighted by Crippen LogP contribution is 2.29. The summed E-state index contributed by atoms with van der Waals surface area (Å²) in [5, 5.41) is 0.900. The molecule has 1 aromatic carbocycles. The van der Waals surface area contributed by atoms with Crippen molar-refractivity contribution in [1.82, 2.24) is 14.3 Å². The van der Waals surface area contributed by atoms with E-state index in [1.54, 1.807) is 0 Å². The predicted octanol–water partition coefficient (Wildman–Crippen LogP) is 3.36. The van der Waals surface area contributed by atoms with Crippen LogP contribution in [0.3, 0.4) is 0 Å². The molecule has 2 aromatic rings. The molecule has 2 saturated heterocycles. The second-order valence-electron chi connectivity index (χ2n) is 7.51. The number of rotatable bonds is 4. The SMILES string of the molecule is CC1CCN(C(=O)C2CCCN2c2nc(Cc3ccccc3)ns2)CC1. The smallest absolute Gasteiger partial charge is 0.245 e. The molecule has 5 nitrogen and oxygen atoms in total. The molecule has 1 aromatic heterocycles. The van der Waals surface area contributed by atoms with E-state index in [2.05, 4.69) is 33.2 Å². The van der Waals surface area contributed by atoms with Gasteiger partial charge in [0.05, 0.1) is 0 Å². The van der Waals surface area contributed by atoms with Crippen LogP contribution in [0.25, 0.3) is 0 Å². The lowest BCUT2D eigenvalue weighted by Gasteiger charge is -2.34. The summed E-state index contributed by atoms with van der Waals surface area (Å²) < 4.78 is 4.54. The van der Waals surface area contributed by atoms with Gasteiger partial charge in [0, 0.05) is 37.6 Å². The third kappa shape index (κ3) is 3.75. The number of nitrogens with zero attached hydrogens (tertiary/aromatic N) is 4. The first-order valence-electron chi connectivity index (χ1n) is 9.62. The van der Waals surface area contributed by atoms with Crippen molar-refractivity contribution in [1.29, 1.82) is 0 Å². The van der Waals surface area contributed by atoms with Gasteiger partial charge in [-0.05, 0) is 37.2 Å². The zero-order chi connectivity index (χ0) is 17.9. The van der Waals surface area contributed by atoms with Gasteiger partial charge < -0.3 is 9.80 Å². The number of hydrogen-bond donors (Lipinski definition) is 0. The molecule has 1 amide bonds. The quantitative estimate of drug-likeness (QED) is 0.828. The molecule has 0 aliphatic carbocycles. The molecule has 0 N–H and O–H groups in total. The van der Waals surface area contributed by atoms with Crippen molar-refractivity contribution in [2.45, 2.75) is 45.1 Å². The molecule has 138 valence electrons. The molecule has 2 aliphatic heterocycles. The molecule has 1 atom stereocenters. The van der Waals surface area contributed by atoms with E-state index in [1.807, 2.05) is 18.2 Å². The Balaban J connectivity index is 1.44. The highest BCUT2D eigenvalue weighted by molar-refractivity contribution is 7.09. The lowest BCUT2D eigenvalue weighted by atomic mass is 9.98. The fourth-order valence-electron chi connectivity index (χ4n) is 3.90. The Hall–Kier alpha value is -1.95. The van der Waals surface area contributed by atoms with Crippen molar-refractivity contribution in [3.8, 4) is 0 Å². The van der Waals surface area contributed by atoms with Crippen LogP contribution in [-0.4, -0.2) is 45.8 Å². The van der Waals surface area contributed by atoms with E-state index in [-0.39, 0.29) is 11.9 Å². The number of amides is 1. The molecule has 0 spiro atoms. The Labute approximate surface area is 159 Å². The van der Waals surface area contributed by atoms with Gasteiger partial charge in [0.25, 0.3) is 0 Å². The van der Waals surface area contributed by atoms with Crippen molar-refractivity contribution in [3.63, 3.8) is 0 Å². The molecule has 1 unspecified atom stereocenters. The molecule has 2 fully saturated rings. The second kappa shape index (κ2) is 7.74. The van der Waals surface area contributed by atoms with E-state index in [0.717, 1.165) is 68.6 Å². The minimum atomic E-state index is -0.0547. The zero-order valence-electron chi connectivity index (χ0n) is 15.3. The first-order chi connectivity index (χ1) is 12.7. The van der Waals surface area contributed by atoms with E-state index < -0.39 is 0 Å². The maximum absolute atomic E-state index is 13.0. The second-order valence-corrected chi connectivity index (χ2v) is 8.25. The zero-order valence-corrected chi connectivity index (χ0v) is 16.1. The Morgan fingerprint density at radius 3 is 2.69 bits per heavy atom. The number of carbonyl (C=O) groups is 1. The Bertz CT molecular complexity index is 739. The fourth-order valence-corrected chi connectivity index (χ4v) is 4.67. The van der Waals surface area contributed by atoms with Gasteiger partial charge in [0.2, 0.25) is 11.0 Å². The van der Waals surface area contributed by atoms with Crippen molar-refractivity contribution >= 4 is 22.6 Å². The van der Waals surface area contributed by atoms with Crippen LogP contribution in [0.15, 0.2) is 30.3 Å². The number of hydrogen-bond acceptors (Lipinski definition) is 5. The van der Waals surface area contributed by atoms with Gasteiger partial charge in [-0.2, -0.15) is 4.37 Å². The van der Waals surface area contributed by atoms with Gasteiger partial charge in [0.1, 0.15) is 11.9 Å². The number of anilines is 1. The van der Waals surface area contributed by atoms with Crippen molar-refractivity contribution in [2.75, 3.05) is 24.5 Å². The predicted molar refractivity (Wildman–Crippen MR) is 105 cm³/mol. The normalized spacial score (nSPS) is 21.3. The van der Waals surface area contributed by atoms with Gasteiger partial charge in [0.15, 0.2) is 0 Å². The molecular weight excluding hydrogens is 344 g/mol. The van der Waals surface area contributed by atoms with Crippen molar-refractivity contribution in [3.05, 3.63) is 41.7 Å². The summed E-state index contributed by atoms with van der Waals surface area (Å²) in [6.07, 6.45) is 4.97. The minimum Gasteiger partial charge on any atom is -0.341 e. The van der Waals surface area contributed by atoms with E-state index in [1.165, 1.54) is 17.1 Å². The van der Waals surface area contributed by atoms with Crippen LogP contribution >= 0.6 is 11.5 Å². The maximum atomic E-state index is 13.0. The summed E-state index contributed by atoms with van der Waals surface area (Å²) in [5.74, 6) is 1.87. The van der Waals surface area contributed by atoms with Gasteiger partial charge in [-0.15, -0.1) is 0 Å². The number of benzene rings is 1. The Morgan fingerprint density at radius 1 is 1.15 bits per heavy atom. The molecule has 2 aliphatic rings. The highest BCUT2D eigenvalue weighted by Gasteiger charge is 2.36. The molecule has 6 heteroatoms. The van der Waals surface area contributed by atoms with Crippen molar-refractivity contribution < 1.29 is 4.79 Å². The molecule has 4 rings (SSSR count). The average Bonchev–Trinajstić information content (AvgIpc) is 3.32. The van der Waals surface area contributed by atoms with Gasteiger partial charge >= 0.3 is 0 Å². The summed E-state index contributed by atoms with van der Waals surface area (Å²) >= 11 is 1.43. The third-order valence-corrected chi connectivity index (χ3v) is 6.33. The summed E-state index contributed by atoms with van der Waals surface area (Å²) in [6.45, 7) is 4.99. The number of carbonyl (C=O) groups excluding carboxylic acids is 1. The maximum Gasteiger partial charge on any atom is 0.245 e. The van der Waals surface area contributed by atoms with Crippen LogP contribution in [0, 0.1) is 5.92 Å². The molecule has 0 saturated carbocycles. The Kier molecular flexibility index (Phi) is 5.20. The van der Waals surface area contributed by atoms with Crippen LogP contribution in [0.5, 0.6) is 0 Å². The van der Waals surface area contributed by atoms with E-state index in [9.17, 15) is 4.79 Å². The fraction of sp³-hybridized carbons (Fsp3) is 0.550. The van der Waals surface area contributed by atoms with E-state index in [4.69, 9.17) is 4.98 Å². The van der Waals surface area contributed by atoms with Gasteiger partial charge in [-0.1, -0.05) is 37.3 Å². The molecule has 0 bridgehead atoms. The topological polar surface area (TPSA) is 49.3 Å². The van der Waals surface area contributed by atoms with E-state index >= 15 is 0 Å². The lowest BCUT2D eigenvalue weighted by molar-refractivity contribution is -0.133. The number of likely N-dealkylation sites (tertiary alicyclic amines) is 1. The monoisotopic (exact) mass is 370 g/mol. The first-order valence-corrected chi connectivity index (χ1v) is 10.4. The summed E-state index contributed by atoms with van der Waals surface area (Å²) in [7, 11) is 0. The molecule has 26 heavy (non-hydrogen) atoms. The first kappa shape index (κ1) is 17.5. The largest absolute Gasteiger partial charge is 0.341 e. The lowest BCUT2D eigenvalue weighted by Crippen LogP contribution is -2.48. The standard InChI is InChI=1S/C20H26N4OS/c1-15-9-12-23(13-10-15)19(25)17-8-5-11-24(17)20-21-18(22-26-20)14-16-6-3-2-4-7-16/h2-4,6-7,15,17H,5,8-14H2,1H3. The Morgan fingerprint density at radius 2 is 1.92 bits per heavy atom. The van der Waals surface area contributed by atoms with E-state index in [0.29, 0.717) is 0 Å². The van der Waals surface area contributed by atoms with Crippen molar-refractivity contribution in [2.24, 2.45) is 5.92 Å². The van der Waals surface area contributed by atoms with Crippen LogP contribution in [0.4, 0.5) is 5.13 Å². The third-order valence-electron chi connectivity index (χ3n) is 5.54. The number of aromatic nitrogens is 2. The van der Waals surface area contributed by atoms with Crippen LogP contribution in [0.1, 0.15) is 44.0 Å². The summed E-state index contributed by atoms with van der Waals surface area (Å²) in [4.78, 5) is 22.0. The van der Waals surface area contributed by atoms with Crippen LogP contribution in [-0.2, 0) is 11.2 Å². The van der Waals surface area contributed by atoms with Gasteiger partial charge in [-0.25, -0.2) is 4.98 Å². The van der Waals surface area contributed by atoms with Crippen LogP contribution < -0.4 is 4.90 Å². The summed E-state index contributed by atoms with van der Waals surface area (Å²) in [5.41, 5.74) is 1.22. The minimum absolute atomic E-state index is 0.0547. The van der Waals surface area contributed by atoms with Crippen LogP contribution in [0.2, 0.25) is 0 Å². The molecule has 3 heterocycles.